The van der Waals surface area contributed by atoms with Crippen LogP contribution in [-0.4, -0.2) is 45.4 Å². The first-order chi connectivity index (χ1) is 15.5. The molecule has 2 aromatic rings. The summed E-state index contributed by atoms with van der Waals surface area (Å²) in [5.41, 5.74) is 1.12. The maximum absolute atomic E-state index is 12.7. The van der Waals surface area contributed by atoms with E-state index in [2.05, 4.69) is 10.6 Å². The lowest BCUT2D eigenvalue weighted by Gasteiger charge is -2.29. The Hall–Kier alpha value is -4.01. The Labute approximate surface area is 185 Å². The molecule has 3 rings (SSSR count). The lowest BCUT2D eigenvalue weighted by atomic mass is 9.95. The van der Waals surface area contributed by atoms with E-state index in [1.807, 2.05) is 6.07 Å². The second-order valence-corrected chi connectivity index (χ2v) is 6.67. The number of urea groups is 1. The zero-order valence-corrected chi connectivity index (χ0v) is 18.0. The zero-order valence-electron chi connectivity index (χ0n) is 18.0. The topological polar surface area (TPSA) is 112 Å². The summed E-state index contributed by atoms with van der Waals surface area (Å²) in [5.74, 6) is -0.747. The van der Waals surface area contributed by atoms with Gasteiger partial charge in [0.1, 0.15) is 12.2 Å². The molecule has 0 bridgehead atoms. The molecule has 0 radical (unpaired) electrons. The summed E-state index contributed by atoms with van der Waals surface area (Å²) in [6.07, 6.45) is 0. The second-order valence-electron chi connectivity index (χ2n) is 6.67. The number of hydrogen-bond donors (Lipinski definition) is 2. The van der Waals surface area contributed by atoms with Crippen LogP contribution in [0.25, 0.3) is 0 Å². The molecule has 32 heavy (non-hydrogen) atoms. The number of esters is 2. The van der Waals surface area contributed by atoms with Crippen LogP contribution in [0.1, 0.15) is 28.9 Å². The molecule has 1 unspecified atom stereocenters. The molecular weight excluding hydrogens is 416 g/mol. The van der Waals surface area contributed by atoms with E-state index >= 15 is 0 Å². The van der Waals surface area contributed by atoms with Gasteiger partial charge in [-0.2, -0.15) is 0 Å². The first-order valence-electron chi connectivity index (χ1n) is 9.90. The van der Waals surface area contributed by atoms with Crippen LogP contribution in [-0.2, 0) is 14.3 Å². The summed E-state index contributed by atoms with van der Waals surface area (Å²) in [6, 6.07) is 12.5. The maximum atomic E-state index is 12.7. The third-order valence-electron chi connectivity index (χ3n) is 4.75. The molecule has 168 valence electrons. The van der Waals surface area contributed by atoms with Crippen LogP contribution < -0.4 is 20.1 Å². The van der Waals surface area contributed by atoms with Gasteiger partial charge in [0.2, 0.25) is 0 Å². The Balaban J connectivity index is 1.93. The first kappa shape index (κ1) is 22.7. The third kappa shape index (κ3) is 4.83. The molecule has 0 saturated carbocycles. The molecule has 1 atom stereocenters. The van der Waals surface area contributed by atoms with Crippen LogP contribution in [0, 0.1) is 0 Å². The fourth-order valence-electron chi connectivity index (χ4n) is 3.34. The van der Waals surface area contributed by atoms with Gasteiger partial charge >= 0.3 is 18.0 Å². The average Bonchev–Trinajstić information content (AvgIpc) is 2.82. The van der Waals surface area contributed by atoms with Gasteiger partial charge < -0.3 is 29.6 Å². The van der Waals surface area contributed by atoms with Crippen molar-refractivity contribution in [3.63, 3.8) is 0 Å². The monoisotopic (exact) mass is 440 g/mol. The highest BCUT2D eigenvalue weighted by Gasteiger charge is 2.34. The standard InChI is InChI=1S/C23H24N2O7/c1-4-31-22(27)18-16(24-23(28)25-19(18)14-9-6-5-7-10-14)13-32-21(26)15-11-8-12-17(29-2)20(15)30-3/h5-12,19H,4,13H2,1-3H3,(H2,24,25,28). The van der Waals surface area contributed by atoms with Gasteiger partial charge in [-0.15, -0.1) is 0 Å². The number of benzene rings is 2. The number of hydrogen-bond acceptors (Lipinski definition) is 7. The van der Waals surface area contributed by atoms with Gasteiger partial charge in [0, 0.05) is 0 Å². The van der Waals surface area contributed by atoms with Crippen LogP contribution in [0.3, 0.4) is 0 Å². The molecule has 1 heterocycles. The summed E-state index contributed by atoms with van der Waals surface area (Å²) in [5, 5.41) is 5.28. The first-order valence-corrected chi connectivity index (χ1v) is 9.90. The van der Waals surface area contributed by atoms with Crippen LogP contribution in [0.15, 0.2) is 59.8 Å². The Kier molecular flexibility index (Phi) is 7.33. The average molecular weight is 440 g/mol. The summed E-state index contributed by atoms with van der Waals surface area (Å²) in [4.78, 5) is 37.8. The van der Waals surface area contributed by atoms with Crippen LogP contribution >= 0.6 is 0 Å². The van der Waals surface area contributed by atoms with Crippen molar-refractivity contribution in [1.82, 2.24) is 10.6 Å². The second kappa shape index (κ2) is 10.3. The number of amides is 2. The molecule has 0 aliphatic carbocycles. The summed E-state index contributed by atoms with van der Waals surface area (Å²) < 4.78 is 21.1. The summed E-state index contributed by atoms with van der Waals surface area (Å²) >= 11 is 0. The highest BCUT2D eigenvalue weighted by atomic mass is 16.5. The summed E-state index contributed by atoms with van der Waals surface area (Å²) in [7, 11) is 2.87. The Bertz CT molecular complexity index is 1030. The minimum atomic E-state index is -0.760. The predicted molar refractivity (Wildman–Crippen MR) is 114 cm³/mol. The van der Waals surface area contributed by atoms with Gasteiger partial charge in [-0.25, -0.2) is 14.4 Å². The van der Waals surface area contributed by atoms with Gasteiger partial charge in [0.05, 0.1) is 38.1 Å². The normalized spacial score (nSPS) is 15.3. The van der Waals surface area contributed by atoms with E-state index in [1.54, 1.807) is 43.3 Å². The fourth-order valence-corrected chi connectivity index (χ4v) is 3.34. The molecule has 1 aliphatic heterocycles. The van der Waals surface area contributed by atoms with Crippen molar-refractivity contribution in [3.8, 4) is 11.5 Å². The third-order valence-corrected chi connectivity index (χ3v) is 4.75. The van der Waals surface area contributed by atoms with Crippen molar-refractivity contribution in [1.29, 1.82) is 0 Å². The SMILES string of the molecule is CCOC(=O)C1=C(COC(=O)c2cccc(OC)c2OC)NC(=O)NC1c1ccccc1. The van der Waals surface area contributed by atoms with E-state index in [4.69, 9.17) is 18.9 Å². The highest BCUT2D eigenvalue weighted by molar-refractivity contribution is 5.96. The van der Waals surface area contributed by atoms with E-state index in [-0.39, 0.29) is 35.8 Å². The number of ether oxygens (including phenoxy) is 4. The Morgan fingerprint density at radius 1 is 0.938 bits per heavy atom. The molecule has 2 N–H and O–H groups in total. The molecule has 0 aromatic heterocycles. The van der Waals surface area contributed by atoms with Crippen LogP contribution in [0.4, 0.5) is 4.79 Å². The van der Waals surface area contributed by atoms with Crippen molar-refractivity contribution in [2.45, 2.75) is 13.0 Å². The van der Waals surface area contributed by atoms with E-state index in [1.165, 1.54) is 20.3 Å². The minimum absolute atomic E-state index is 0.135. The molecule has 2 amide bonds. The Morgan fingerprint density at radius 3 is 2.34 bits per heavy atom. The Morgan fingerprint density at radius 2 is 1.69 bits per heavy atom. The molecule has 2 aromatic carbocycles. The lowest BCUT2D eigenvalue weighted by Crippen LogP contribution is -2.47. The van der Waals surface area contributed by atoms with Crippen LogP contribution in [0.5, 0.6) is 11.5 Å². The largest absolute Gasteiger partial charge is 0.493 e. The van der Waals surface area contributed by atoms with Crippen molar-refractivity contribution in [2.75, 3.05) is 27.4 Å². The molecule has 9 nitrogen and oxygen atoms in total. The van der Waals surface area contributed by atoms with E-state index in [0.717, 1.165) is 0 Å². The van der Waals surface area contributed by atoms with Gasteiger partial charge in [-0.05, 0) is 24.6 Å². The van der Waals surface area contributed by atoms with Crippen molar-refractivity contribution >= 4 is 18.0 Å². The number of rotatable bonds is 8. The molecule has 0 spiro atoms. The number of carbonyl (C=O) groups is 3. The van der Waals surface area contributed by atoms with Gasteiger partial charge in [0.25, 0.3) is 0 Å². The fraction of sp³-hybridized carbons (Fsp3) is 0.261. The van der Waals surface area contributed by atoms with E-state index in [9.17, 15) is 14.4 Å². The highest BCUT2D eigenvalue weighted by Crippen LogP contribution is 2.32. The predicted octanol–water partition coefficient (Wildman–Crippen LogP) is 2.73. The smallest absolute Gasteiger partial charge is 0.342 e. The van der Waals surface area contributed by atoms with Gasteiger partial charge in [0.15, 0.2) is 11.5 Å². The quantitative estimate of drug-likeness (QED) is 0.607. The molecule has 9 heteroatoms. The number of carbonyl (C=O) groups excluding carboxylic acids is 3. The van der Waals surface area contributed by atoms with Crippen molar-refractivity contribution in [2.24, 2.45) is 0 Å². The van der Waals surface area contributed by atoms with E-state index < -0.39 is 24.0 Å². The molecule has 0 saturated heterocycles. The van der Waals surface area contributed by atoms with Crippen molar-refractivity contribution in [3.05, 3.63) is 70.9 Å². The number of para-hydroxylation sites is 1. The number of nitrogens with one attached hydrogen (secondary N) is 2. The lowest BCUT2D eigenvalue weighted by molar-refractivity contribution is -0.139. The maximum Gasteiger partial charge on any atom is 0.342 e. The molecule has 0 fully saturated rings. The van der Waals surface area contributed by atoms with Gasteiger partial charge in [-0.3, -0.25) is 0 Å². The van der Waals surface area contributed by atoms with Gasteiger partial charge in [-0.1, -0.05) is 36.4 Å². The summed E-state index contributed by atoms with van der Waals surface area (Å²) in [6.45, 7) is 1.47. The number of methoxy groups -OCH3 is 2. The molecular formula is C23H24N2O7. The van der Waals surface area contributed by atoms with Crippen molar-refractivity contribution < 1.29 is 33.3 Å². The van der Waals surface area contributed by atoms with E-state index in [0.29, 0.717) is 11.3 Å². The molecule has 1 aliphatic rings. The van der Waals surface area contributed by atoms with Crippen LogP contribution in [0.2, 0.25) is 0 Å². The minimum Gasteiger partial charge on any atom is -0.493 e. The zero-order chi connectivity index (χ0) is 23.1.